The summed E-state index contributed by atoms with van der Waals surface area (Å²) in [5.41, 5.74) is 3.72. The van der Waals surface area contributed by atoms with Gasteiger partial charge >= 0.3 is 0 Å². The van der Waals surface area contributed by atoms with E-state index in [1.54, 1.807) is 13.2 Å². The number of aromatic amines is 2. The van der Waals surface area contributed by atoms with E-state index in [1.807, 2.05) is 24.4 Å². The van der Waals surface area contributed by atoms with Gasteiger partial charge in [0.1, 0.15) is 6.33 Å². The van der Waals surface area contributed by atoms with E-state index in [2.05, 4.69) is 46.0 Å². The third-order valence-electron chi connectivity index (χ3n) is 5.99. The van der Waals surface area contributed by atoms with Gasteiger partial charge in [0.25, 0.3) is 0 Å². The number of benzene rings is 1. The van der Waals surface area contributed by atoms with Gasteiger partial charge in [0.2, 0.25) is 5.91 Å². The molecule has 2 fully saturated rings. The first-order valence-corrected chi connectivity index (χ1v) is 11.2. The maximum absolute atomic E-state index is 12.3. The lowest BCUT2D eigenvalue weighted by atomic mass is 10.1. The molecule has 0 spiro atoms. The molecule has 11 heteroatoms. The number of amides is 1. The van der Waals surface area contributed by atoms with Gasteiger partial charge < -0.3 is 20.4 Å². The number of carbonyl (C=O) groups excluding carboxylic acids is 1. The Morgan fingerprint density at radius 2 is 1.97 bits per heavy atom. The second kappa shape index (κ2) is 8.25. The Balaban J connectivity index is 1.39. The van der Waals surface area contributed by atoms with Crippen LogP contribution in [0, 0.1) is 5.92 Å². The van der Waals surface area contributed by atoms with Crippen LogP contribution in [0.3, 0.4) is 0 Å². The first-order chi connectivity index (χ1) is 16.7. The average Bonchev–Trinajstić information content (AvgIpc) is 3.78. The highest BCUT2D eigenvalue weighted by molar-refractivity contribution is 5.94. The highest BCUT2D eigenvalue weighted by atomic mass is 16.5. The summed E-state index contributed by atoms with van der Waals surface area (Å²) in [7, 11) is 1.60. The van der Waals surface area contributed by atoms with E-state index >= 15 is 0 Å². The zero-order valence-electron chi connectivity index (χ0n) is 18.5. The molecule has 0 radical (unpaired) electrons. The van der Waals surface area contributed by atoms with Crippen molar-refractivity contribution in [2.75, 3.05) is 17.7 Å². The highest BCUT2D eigenvalue weighted by Gasteiger charge is 2.30. The minimum Gasteiger partial charge on any atom is -0.494 e. The zero-order chi connectivity index (χ0) is 23.1. The number of rotatable bonds is 8. The van der Waals surface area contributed by atoms with Crippen LogP contribution in [0.15, 0.2) is 36.8 Å². The van der Waals surface area contributed by atoms with Crippen molar-refractivity contribution in [3.8, 4) is 28.7 Å². The first kappa shape index (κ1) is 20.3. The number of imidazole rings is 1. The van der Waals surface area contributed by atoms with E-state index in [9.17, 15) is 4.79 Å². The summed E-state index contributed by atoms with van der Waals surface area (Å²) in [5, 5.41) is 21.7. The Hall–Kier alpha value is -4.28. The Labute approximate surface area is 194 Å². The predicted octanol–water partition coefficient (Wildman–Crippen LogP) is 3.63. The number of carbonyl (C=O) groups is 1. The summed E-state index contributed by atoms with van der Waals surface area (Å²) in [6.07, 6.45) is 7.44. The van der Waals surface area contributed by atoms with Crippen LogP contribution < -0.4 is 15.4 Å². The van der Waals surface area contributed by atoms with E-state index in [-0.39, 0.29) is 11.8 Å². The minimum atomic E-state index is -0.0353. The lowest BCUT2D eigenvalue weighted by molar-refractivity contribution is -0.117. The van der Waals surface area contributed by atoms with Gasteiger partial charge in [0.15, 0.2) is 28.9 Å². The van der Waals surface area contributed by atoms with Crippen molar-refractivity contribution in [2.45, 2.75) is 31.6 Å². The normalized spacial score (nSPS) is 15.2. The quantitative estimate of drug-likeness (QED) is 0.314. The molecule has 0 bridgehead atoms. The van der Waals surface area contributed by atoms with Crippen molar-refractivity contribution in [1.82, 2.24) is 35.3 Å². The fourth-order valence-electron chi connectivity index (χ4n) is 3.88. The summed E-state index contributed by atoms with van der Waals surface area (Å²) in [6, 6.07) is 7.45. The van der Waals surface area contributed by atoms with E-state index in [4.69, 9.17) is 4.74 Å². The molecule has 3 heterocycles. The third kappa shape index (κ3) is 3.96. The number of methoxy groups -OCH3 is 1. The topological polar surface area (TPSA) is 146 Å². The molecule has 1 aromatic carbocycles. The molecule has 0 saturated heterocycles. The van der Waals surface area contributed by atoms with Crippen LogP contribution in [-0.4, -0.2) is 48.4 Å². The van der Waals surface area contributed by atoms with Crippen molar-refractivity contribution in [1.29, 1.82) is 0 Å². The molecule has 0 unspecified atom stereocenters. The lowest BCUT2D eigenvalue weighted by Gasteiger charge is -2.16. The summed E-state index contributed by atoms with van der Waals surface area (Å²) in [6.45, 7) is 0. The van der Waals surface area contributed by atoms with Gasteiger partial charge in [-0.3, -0.25) is 9.89 Å². The number of anilines is 3. The predicted molar refractivity (Wildman–Crippen MR) is 125 cm³/mol. The maximum atomic E-state index is 12.3. The van der Waals surface area contributed by atoms with Crippen LogP contribution in [-0.2, 0) is 4.79 Å². The molecule has 11 nitrogen and oxygen atoms in total. The minimum absolute atomic E-state index is 0.0353. The van der Waals surface area contributed by atoms with Crippen LogP contribution in [0.1, 0.15) is 37.3 Å². The molecule has 4 N–H and O–H groups in total. The van der Waals surface area contributed by atoms with Gasteiger partial charge in [-0.1, -0.05) is 6.07 Å². The van der Waals surface area contributed by atoms with Crippen molar-refractivity contribution >= 4 is 23.1 Å². The van der Waals surface area contributed by atoms with Gasteiger partial charge in [0, 0.05) is 29.8 Å². The van der Waals surface area contributed by atoms with Crippen molar-refractivity contribution in [3.05, 3.63) is 42.5 Å². The van der Waals surface area contributed by atoms with Crippen molar-refractivity contribution in [2.24, 2.45) is 5.92 Å². The molecule has 2 saturated carbocycles. The van der Waals surface area contributed by atoms with E-state index in [1.165, 1.54) is 6.33 Å². The van der Waals surface area contributed by atoms with Crippen LogP contribution in [0.5, 0.6) is 5.75 Å². The van der Waals surface area contributed by atoms with Gasteiger partial charge in [0.05, 0.1) is 24.0 Å². The van der Waals surface area contributed by atoms with Gasteiger partial charge in [-0.05, 0) is 37.8 Å². The second-order valence-corrected chi connectivity index (χ2v) is 8.56. The first-order valence-electron chi connectivity index (χ1n) is 11.2. The maximum Gasteiger partial charge on any atom is 0.228 e. The van der Waals surface area contributed by atoms with Crippen LogP contribution in [0.4, 0.5) is 17.2 Å². The number of H-pyrrole nitrogens is 2. The highest BCUT2D eigenvalue weighted by Crippen LogP contribution is 2.41. The standard InChI is InChI=1S/C23H23N9O2/c1-34-20-14(21-25-11-26-32-21)3-2-4-15(20)27-16-9-18(29-23(33)13-7-8-13)30-31-19(16)22-24-10-17(28-22)12-5-6-12/h2-4,9-13H,5-8H2,1H3,(H,24,28)(H,25,26,32)(H2,27,29,30,33). The molecular formula is C23H23N9O2. The molecule has 6 rings (SSSR count). The Morgan fingerprint density at radius 3 is 2.71 bits per heavy atom. The van der Waals surface area contributed by atoms with Crippen molar-refractivity contribution < 1.29 is 9.53 Å². The summed E-state index contributed by atoms with van der Waals surface area (Å²) < 4.78 is 5.72. The number of hydrogen-bond acceptors (Lipinski definition) is 8. The molecule has 3 aromatic heterocycles. The summed E-state index contributed by atoms with van der Waals surface area (Å²) >= 11 is 0. The van der Waals surface area contributed by atoms with E-state index in [0.717, 1.165) is 36.9 Å². The Kier molecular flexibility index (Phi) is 4.93. The number of nitrogens with zero attached hydrogens (tertiary/aromatic N) is 5. The van der Waals surface area contributed by atoms with Crippen LogP contribution in [0.25, 0.3) is 22.9 Å². The van der Waals surface area contributed by atoms with E-state index < -0.39 is 0 Å². The van der Waals surface area contributed by atoms with Gasteiger partial charge in [-0.15, -0.1) is 10.2 Å². The molecule has 34 heavy (non-hydrogen) atoms. The number of aromatic nitrogens is 7. The van der Waals surface area contributed by atoms with Gasteiger partial charge in [-0.2, -0.15) is 5.10 Å². The van der Waals surface area contributed by atoms with Crippen LogP contribution in [0.2, 0.25) is 0 Å². The summed E-state index contributed by atoms with van der Waals surface area (Å²) in [5.74, 6) is 2.72. The number of ether oxygens (including phenoxy) is 1. The smallest absolute Gasteiger partial charge is 0.228 e. The molecule has 0 atom stereocenters. The third-order valence-corrected chi connectivity index (χ3v) is 5.99. The number of nitrogens with one attached hydrogen (secondary N) is 4. The lowest BCUT2D eigenvalue weighted by Crippen LogP contribution is -2.15. The molecule has 2 aliphatic carbocycles. The fourth-order valence-corrected chi connectivity index (χ4v) is 3.88. The zero-order valence-corrected chi connectivity index (χ0v) is 18.5. The second-order valence-electron chi connectivity index (χ2n) is 8.56. The molecule has 2 aliphatic rings. The number of para-hydroxylation sites is 1. The van der Waals surface area contributed by atoms with Crippen molar-refractivity contribution in [3.63, 3.8) is 0 Å². The molecule has 4 aromatic rings. The monoisotopic (exact) mass is 457 g/mol. The molecular weight excluding hydrogens is 434 g/mol. The molecule has 1 amide bonds. The fraction of sp³-hybridized carbons (Fsp3) is 0.304. The largest absolute Gasteiger partial charge is 0.494 e. The van der Waals surface area contributed by atoms with Gasteiger partial charge in [-0.25, -0.2) is 9.97 Å². The van der Waals surface area contributed by atoms with E-state index in [0.29, 0.717) is 46.2 Å². The Bertz CT molecular complexity index is 1340. The summed E-state index contributed by atoms with van der Waals surface area (Å²) in [4.78, 5) is 24.5. The molecule has 172 valence electrons. The Morgan fingerprint density at radius 1 is 1.09 bits per heavy atom. The molecule has 0 aliphatic heterocycles. The SMILES string of the molecule is COc1c(Nc2cc(NC(=O)C3CC3)nnc2-c2ncc(C3CC3)[nH]2)cccc1-c1ncn[nH]1. The van der Waals surface area contributed by atoms with Crippen LogP contribution >= 0.6 is 0 Å². The number of hydrogen-bond donors (Lipinski definition) is 4. The average molecular weight is 457 g/mol.